The first-order valence-electron chi connectivity index (χ1n) is 4.67. The van der Waals surface area contributed by atoms with Gasteiger partial charge in [-0.3, -0.25) is 0 Å². The molecule has 1 aromatic carbocycles. The van der Waals surface area contributed by atoms with Crippen molar-refractivity contribution < 1.29 is 0 Å². The zero-order chi connectivity index (χ0) is 13.3. The molecule has 0 saturated heterocycles. The molecule has 0 aliphatic carbocycles. The Balaban J connectivity index is 2.41. The third kappa shape index (κ3) is 2.71. The van der Waals surface area contributed by atoms with E-state index in [9.17, 15) is 0 Å². The van der Waals surface area contributed by atoms with Crippen molar-refractivity contribution in [3.63, 3.8) is 0 Å². The molecule has 3 N–H and O–H groups in total. The molecule has 18 heavy (non-hydrogen) atoms. The number of rotatable bonds is 2. The van der Waals surface area contributed by atoms with Crippen molar-refractivity contribution >= 4 is 72.4 Å². The van der Waals surface area contributed by atoms with Crippen molar-refractivity contribution in [2.75, 3.05) is 11.1 Å². The summed E-state index contributed by atoms with van der Waals surface area (Å²) < 4.78 is 1.29. The van der Waals surface area contributed by atoms with Crippen LogP contribution in [0.3, 0.4) is 0 Å². The summed E-state index contributed by atoms with van der Waals surface area (Å²) in [4.78, 5) is 7.91. The van der Waals surface area contributed by atoms with Gasteiger partial charge in [0.15, 0.2) is 0 Å². The number of nitrogens with two attached hydrogens (primary N) is 1. The van der Waals surface area contributed by atoms with Crippen LogP contribution in [0.25, 0.3) is 0 Å². The smallest absolute Gasteiger partial charge is 0.150 e. The average Bonchev–Trinajstić information content (AvgIpc) is 2.35. The Morgan fingerprint density at radius 1 is 1.11 bits per heavy atom. The fourth-order valence-corrected chi connectivity index (χ4v) is 2.35. The molecule has 94 valence electrons. The van der Waals surface area contributed by atoms with Crippen LogP contribution < -0.4 is 11.1 Å². The molecule has 4 nitrogen and oxygen atoms in total. The molecule has 0 radical (unpaired) electrons. The van der Waals surface area contributed by atoms with E-state index in [0.717, 1.165) is 4.47 Å². The monoisotopic (exact) mass is 410 g/mol. The van der Waals surface area contributed by atoms with Crippen LogP contribution in [0.1, 0.15) is 0 Å². The highest BCUT2D eigenvalue weighted by molar-refractivity contribution is 9.11. The normalized spacial score (nSPS) is 10.4. The first kappa shape index (κ1) is 13.9. The lowest BCUT2D eigenvalue weighted by Gasteiger charge is -2.11. The first-order chi connectivity index (χ1) is 8.50. The largest absolute Gasteiger partial charge is 0.383 e. The summed E-state index contributed by atoms with van der Waals surface area (Å²) in [6.07, 6.45) is 1.36. The van der Waals surface area contributed by atoms with E-state index in [1.54, 1.807) is 12.1 Å². The van der Waals surface area contributed by atoms with Crippen molar-refractivity contribution in [2.24, 2.45) is 0 Å². The minimum absolute atomic E-state index is 0.340. The number of benzene rings is 1. The molecule has 0 amide bonds. The zero-order valence-corrected chi connectivity index (χ0v) is 13.4. The molecule has 0 spiro atoms. The van der Waals surface area contributed by atoms with E-state index in [0.29, 0.717) is 31.8 Å². The quantitative estimate of drug-likeness (QED) is 0.705. The number of nitrogens with one attached hydrogen (secondary N) is 1. The molecule has 8 heteroatoms. The second-order valence-electron chi connectivity index (χ2n) is 3.27. The Morgan fingerprint density at radius 2 is 1.83 bits per heavy atom. The molecule has 0 fully saturated rings. The predicted octanol–water partition coefficient (Wildman–Crippen LogP) is 4.63. The number of nitrogens with zero attached hydrogens (tertiary/aromatic N) is 2. The molecule has 2 rings (SSSR count). The molecule has 0 atom stereocenters. The van der Waals surface area contributed by atoms with E-state index in [1.165, 1.54) is 6.33 Å². The highest BCUT2D eigenvalue weighted by Crippen LogP contribution is 2.38. The molecular formula is C10H6Br2Cl2N4. The zero-order valence-electron chi connectivity index (χ0n) is 8.72. The summed E-state index contributed by atoms with van der Waals surface area (Å²) in [5, 5.41) is 3.86. The minimum atomic E-state index is 0.340. The molecular weight excluding hydrogens is 407 g/mol. The predicted molar refractivity (Wildman–Crippen MR) is 81.6 cm³/mol. The lowest BCUT2D eigenvalue weighted by atomic mass is 10.3. The second-order valence-corrected chi connectivity index (χ2v) is 5.67. The average molecular weight is 413 g/mol. The molecule has 0 aliphatic heterocycles. The highest BCUT2D eigenvalue weighted by atomic mass is 79.9. The van der Waals surface area contributed by atoms with Gasteiger partial charge in [0, 0.05) is 4.47 Å². The summed E-state index contributed by atoms with van der Waals surface area (Å²) >= 11 is 18.7. The van der Waals surface area contributed by atoms with Crippen molar-refractivity contribution in [2.45, 2.75) is 0 Å². The summed E-state index contributed by atoms with van der Waals surface area (Å²) in [7, 11) is 0. The maximum atomic E-state index is 6.13. The lowest BCUT2D eigenvalue weighted by molar-refractivity contribution is 1.16. The van der Waals surface area contributed by atoms with Crippen LogP contribution in [0.5, 0.6) is 0 Å². The SMILES string of the molecule is Nc1ncnc(Nc2ccc(Br)c(Cl)c2Cl)c1Br. The minimum Gasteiger partial charge on any atom is -0.383 e. The second kappa shape index (κ2) is 5.61. The van der Waals surface area contributed by atoms with Gasteiger partial charge in [-0.1, -0.05) is 23.2 Å². The Bertz CT molecular complexity index is 607. The van der Waals surface area contributed by atoms with Crippen LogP contribution in [0, 0.1) is 0 Å². The van der Waals surface area contributed by atoms with Crippen LogP contribution in [0.2, 0.25) is 10.0 Å². The van der Waals surface area contributed by atoms with E-state index >= 15 is 0 Å². The van der Waals surface area contributed by atoms with Gasteiger partial charge in [-0.2, -0.15) is 0 Å². The third-order valence-electron chi connectivity index (χ3n) is 2.10. The fraction of sp³-hybridized carbons (Fsp3) is 0. The molecule has 1 heterocycles. The van der Waals surface area contributed by atoms with Gasteiger partial charge in [-0.15, -0.1) is 0 Å². The van der Waals surface area contributed by atoms with Crippen LogP contribution >= 0.6 is 55.1 Å². The molecule has 0 bridgehead atoms. The number of nitrogen functional groups attached to an aromatic ring is 1. The van der Waals surface area contributed by atoms with Gasteiger partial charge in [-0.25, -0.2) is 9.97 Å². The highest BCUT2D eigenvalue weighted by Gasteiger charge is 2.11. The standard InChI is InChI=1S/C10H6Br2Cl2N4/c11-4-1-2-5(8(14)7(4)13)18-10-6(12)9(15)16-3-17-10/h1-3H,(H3,15,16,17,18). The Hall–Kier alpha value is -0.560. The van der Waals surface area contributed by atoms with E-state index in [-0.39, 0.29) is 0 Å². The number of aromatic nitrogens is 2. The van der Waals surface area contributed by atoms with E-state index in [1.807, 2.05) is 0 Å². The van der Waals surface area contributed by atoms with E-state index in [2.05, 4.69) is 47.1 Å². The summed E-state index contributed by atoms with van der Waals surface area (Å²) in [5.41, 5.74) is 6.29. The van der Waals surface area contributed by atoms with Crippen molar-refractivity contribution in [3.8, 4) is 0 Å². The number of anilines is 3. The van der Waals surface area contributed by atoms with Gasteiger partial charge in [-0.05, 0) is 44.0 Å². The van der Waals surface area contributed by atoms with Gasteiger partial charge in [0.05, 0.1) is 15.7 Å². The van der Waals surface area contributed by atoms with E-state index < -0.39 is 0 Å². The molecule has 0 saturated carbocycles. The number of hydrogen-bond donors (Lipinski definition) is 2. The Kier molecular flexibility index (Phi) is 4.32. The summed E-state index contributed by atoms with van der Waals surface area (Å²) in [6, 6.07) is 3.57. The van der Waals surface area contributed by atoms with Gasteiger partial charge < -0.3 is 11.1 Å². The Morgan fingerprint density at radius 3 is 2.56 bits per heavy atom. The van der Waals surface area contributed by atoms with Crippen LogP contribution in [0.15, 0.2) is 27.4 Å². The maximum absolute atomic E-state index is 6.13. The molecule has 0 unspecified atom stereocenters. The topological polar surface area (TPSA) is 63.8 Å². The van der Waals surface area contributed by atoms with Crippen LogP contribution in [0.4, 0.5) is 17.3 Å². The Labute approximate surface area is 130 Å². The molecule has 0 aliphatic rings. The van der Waals surface area contributed by atoms with Gasteiger partial charge in [0.2, 0.25) is 0 Å². The van der Waals surface area contributed by atoms with E-state index in [4.69, 9.17) is 28.9 Å². The van der Waals surface area contributed by atoms with Gasteiger partial charge in [0.25, 0.3) is 0 Å². The number of hydrogen-bond acceptors (Lipinski definition) is 4. The van der Waals surface area contributed by atoms with Crippen LogP contribution in [-0.2, 0) is 0 Å². The van der Waals surface area contributed by atoms with Gasteiger partial charge >= 0.3 is 0 Å². The third-order valence-corrected chi connectivity index (χ3v) is 4.66. The maximum Gasteiger partial charge on any atom is 0.150 e. The first-order valence-corrected chi connectivity index (χ1v) is 7.01. The lowest BCUT2D eigenvalue weighted by Crippen LogP contribution is -2.00. The van der Waals surface area contributed by atoms with Crippen LogP contribution in [-0.4, -0.2) is 9.97 Å². The fourth-order valence-electron chi connectivity index (χ4n) is 1.22. The van der Waals surface area contributed by atoms with Crippen molar-refractivity contribution in [1.82, 2.24) is 9.97 Å². The van der Waals surface area contributed by atoms with Crippen molar-refractivity contribution in [1.29, 1.82) is 0 Å². The van der Waals surface area contributed by atoms with Gasteiger partial charge in [0.1, 0.15) is 22.4 Å². The number of halogens is 4. The molecule has 2 aromatic rings. The summed E-state index contributed by atoms with van der Waals surface area (Å²) in [5.74, 6) is 0.856. The summed E-state index contributed by atoms with van der Waals surface area (Å²) in [6.45, 7) is 0. The molecule has 1 aromatic heterocycles. The van der Waals surface area contributed by atoms with Crippen molar-refractivity contribution in [3.05, 3.63) is 37.5 Å².